The van der Waals surface area contributed by atoms with Crippen LogP contribution in [0, 0.1) is 6.57 Å². The van der Waals surface area contributed by atoms with Gasteiger partial charge in [0.2, 0.25) is 5.69 Å². The van der Waals surface area contributed by atoms with Crippen LogP contribution in [-0.4, -0.2) is 13.1 Å². The highest BCUT2D eigenvalue weighted by Gasteiger charge is 2.29. The standard InChI is InChI=1S/C32H36N2Si/c1-8-35(9-2,10-3)26-17-15-23(16-18-26)28-19-20-34-30(31(28)33-7)25-21-24-13-11-12-14-27(24)29(22-25)32(4,5)6/h11-22H,8-10H2,1-6H3. The molecule has 0 bridgehead atoms. The lowest BCUT2D eigenvalue weighted by Gasteiger charge is -2.28. The summed E-state index contributed by atoms with van der Waals surface area (Å²) in [7, 11) is -1.43. The molecule has 2 nitrogen and oxygen atoms in total. The molecule has 3 heteroatoms. The highest BCUT2D eigenvalue weighted by Crippen LogP contribution is 2.41. The molecule has 3 aromatic carbocycles. The van der Waals surface area contributed by atoms with Gasteiger partial charge >= 0.3 is 0 Å². The van der Waals surface area contributed by atoms with Crippen LogP contribution in [0.15, 0.2) is 72.9 Å². The second-order valence-corrected chi connectivity index (χ2v) is 15.8. The monoisotopic (exact) mass is 476 g/mol. The summed E-state index contributed by atoms with van der Waals surface area (Å²) in [5, 5.41) is 3.97. The summed E-state index contributed by atoms with van der Waals surface area (Å²) in [5.74, 6) is 0. The Kier molecular flexibility index (Phi) is 6.97. The fraction of sp³-hybridized carbons (Fsp3) is 0.312. The van der Waals surface area contributed by atoms with Crippen LogP contribution in [-0.2, 0) is 5.41 Å². The van der Waals surface area contributed by atoms with Crippen LogP contribution < -0.4 is 5.19 Å². The average molecular weight is 477 g/mol. The summed E-state index contributed by atoms with van der Waals surface area (Å²) in [4.78, 5) is 8.74. The Morgan fingerprint density at radius 1 is 0.829 bits per heavy atom. The van der Waals surface area contributed by atoms with E-state index >= 15 is 0 Å². The van der Waals surface area contributed by atoms with Crippen molar-refractivity contribution in [2.45, 2.75) is 65.1 Å². The van der Waals surface area contributed by atoms with Crippen LogP contribution in [0.1, 0.15) is 47.1 Å². The SMILES string of the molecule is [C-]#[N+]c1c(-c2ccc([Si](CC)(CC)CC)cc2)ccnc1-c1cc(C(C)(C)C)c2ccccc2c1. The lowest BCUT2D eigenvalue weighted by atomic mass is 9.82. The highest BCUT2D eigenvalue weighted by atomic mass is 28.3. The first kappa shape index (κ1) is 24.9. The summed E-state index contributed by atoms with van der Waals surface area (Å²) in [6, 6.07) is 27.8. The first-order valence-corrected chi connectivity index (χ1v) is 15.4. The number of rotatable bonds is 6. The molecule has 0 unspecified atom stereocenters. The van der Waals surface area contributed by atoms with Crippen LogP contribution in [0.3, 0.4) is 0 Å². The van der Waals surface area contributed by atoms with Gasteiger partial charge in [0.15, 0.2) is 0 Å². The second-order valence-electron chi connectivity index (χ2n) is 10.6. The van der Waals surface area contributed by atoms with Crippen molar-refractivity contribution in [2.75, 3.05) is 0 Å². The Labute approximate surface area is 211 Å². The molecular formula is C32H36N2Si. The summed E-state index contributed by atoms with van der Waals surface area (Å²) in [6.45, 7) is 21.8. The molecule has 0 saturated heterocycles. The van der Waals surface area contributed by atoms with Gasteiger partial charge in [0.25, 0.3) is 0 Å². The fourth-order valence-electron chi connectivity index (χ4n) is 5.44. The van der Waals surface area contributed by atoms with Gasteiger partial charge in [-0.15, -0.1) is 0 Å². The van der Waals surface area contributed by atoms with Crippen LogP contribution in [0.4, 0.5) is 5.69 Å². The summed E-state index contributed by atoms with van der Waals surface area (Å²) < 4.78 is 0. The largest absolute Gasteiger partial charge is 0.268 e. The highest BCUT2D eigenvalue weighted by molar-refractivity contribution is 6.91. The van der Waals surface area contributed by atoms with E-state index in [-0.39, 0.29) is 5.41 Å². The van der Waals surface area contributed by atoms with Gasteiger partial charge in [-0.1, -0.05) is 113 Å². The molecule has 0 fully saturated rings. The topological polar surface area (TPSA) is 17.2 Å². The van der Waals surface area contributed by atoms with E-state index in [0.29, 0.717) is 5.69 Å². The molecule has 4 rings (SSSR count). The van der Waals surface area contributed by atoms with Crippen LogP contribution in [0.25, 0.3) is 38.0 Å². The third-order valence-corrected chi connectivity index (χ3v) is 13.4. The van der Waals surface area contributed by atoms with Gasteiger partial charge in [-0.2, -0.15) is 0 Å². The number of fused-ring (bicyclic) bond motifs is 1. The molecule has 0 aliphatic rings. The number of nitrogens with zero attached hydrogens (tertiary/aromatic N) is 2. The van der Waals surface area contributed by atoms with E-state index in [9.17, 15) is 0 Å². The number of benzene rings is 3. The molecule has 1 aromatic heterocycles. The maximum absolute atomic E-state index is 8.09. The molecule has 4 aromatic rings. The molecule has 178 valence electrons. The molecule has 0 radical (unpaired) electrons. The van der Waals surface area contributed by atoms with E-state index in [1.54, 1.807) is 0 Å². The quantitative estimate of drug-likeness (QED) is 0.200. The minimum absolute atomic E-state index is 0.0183. The molecule has 0 atom stereocenters. The van der Waals surface area contributed by atoms with Crippen molar-refractivity contribution in [3.63, 3.8) is 0 Å². The Balaban J connectivity index is 1.87. The Hall–Kier alpha value is -3.22. The summed E-state index contributed by atoms with van der Waals surface area (Å²) >= 11 is 0. The molecule has 0 aliphatic carbocycles. The van der Waals surface area contributed by atoms with Gasteiger partial charge in [0, 0.05) is 6.20 Å². The Morgan fingerprint density at radius 2 is 1.49 bits per heavy atom. The number of hydrogen-bond acceptors (Lipinski definition) is 1. The van der Waals surface area contributed by atoms with Gasteiger partial charge in [-0.3, -0.25) is 4.98 Å². The molecule has 0 N–H and O–H groups in total. The van der Waals surface area contributed by atoms with E-state index in [4.69, 9.17) is 11.6 Å². The third kappa shape index (κ3) is 4.56. The van der Waals surface area contributed by atoms with Gasteiger partial charge in [-0.25, -0.2) is 4.85 Å². The van der Waals surface area contributed by atoms with E-state index < -0.39 is 8.07 Å². The maximum Gasteiger partial charge on any atom is 0.220 e. The first-order chi connectivity index (χ1) is 16.8. The maximum atomic E-state index is 8.09. The summed E-state index contributed by atoms with van der Waals surface area (Å²) in [6.07, 6.45) is 1.85. The molecule has 1 heterocycles. The number of hydrogen-bond donors (Lipinski definition) is 0. The van der Waals surface area contributed by atoms with Gasteiger partial charge in [-0.05, 0) is 56.6 Å². The lowest BCUT2D eigenvalue weighted by Crippen LogP contribution is -2.45. The van der Waals surface area contributed by atoms with E-state index in [1.165, 1.54) is 39.7 Å². The number of aromatic nitrogens is 1. The molecule has 0 saturated carbocycles. The van der Waals surface area contributed by atoms with Gasteiger partial charge < -0.3 is 0 Å². The summed E-state index contributed by atoms with van der Waals surface area (Å²) in [5.41, 5.74) is 5.70. The van der Waals surface area contributed by atoms with Crippen molar-refractivity contribution in [2.24, 2.45) is 0 Å². The lowest BCUT2D eigenvalue weighted by molar-refractivity contribution is 0.596. The molecule has 0 spiro atoms. The third-order valence-electron chi connectivity index (χ3n) is 7.82. The average Bonchev–Trinajstić information content (AvgIpc) is 2.88. The molecule has 0 aliphatic heterocycles. The normalized spacial score (nSPS) is 12.0. The van der Waals surface area contributed by atoms with Crippen molar-refractivity contribution in [1.29, 1.82) is 0 Å². The zero-order valence-electron chi connectivity index (χ0n) is 21.9. The van der Waals surface area contributed by atoms with Crippen molar-refractivity contribution in [1.82, 2.24) is 4.98 Å². The smallest absolute Gasteiger partial charge is 0.220 e. The zero-order valence-corrected chi connectivity index (χ0v) is 22.9. The van der Waals surface area contributed by atoms with Crippen molar-refractivity contribution in [3.8, 4) is 22.4 Å². The van der Waals surface area contributed by atoms with Gasteiger partial charge in [0.05, 0.1) is 20.3 Å². The molecule has 0 amide bonds. The van der Waals surface area contributed by atoms with Crippen molar-refractivity contribution in [3.05, 3.63) is 89.9 Å². The van der Waals surface area contributed by atoms with Crippen LogP contribution in [0.5, 0.6) is 0 Å². The van der Waals surface area contributed by atoms with Crippen LogP contribution in [0.2, 0.25) is 18.1 Å². The van der Waals surface area contributed by atoms with E-state index in [0.717, 1.165) is 22.4 Å². The first-order valence-electron chi connectivity index (χ1n) is 12.8. The zero-order chi connectivity index (χ0) is 25.2. The minimum atomic E-state index is -1.43. The minimum Gasteiger partial charge on any atom is -0.268 e. The van der Waals surface area contributed by atoms with Crippen molar-refractivity contribution < 1.29 is 0 Å². The van der Waals surface area contributed by atoms with Crippen LogP contribution >= 0.6 is 0 Å². The molecular weight excluding hydrogens is 440 g/mol. The Morgan fingerprint density at radius 3 is 2.09 bits per heavy atom. The number of pyridine rings is 1. The predicted molar refractivity (Wildman–Crippen MR) is 154 cm³/mol. The predicted octanol–water partition coefficient (Wildman–Crippen LogP) is 9.13. The second kappa shape index (κ2) is 9.80. The van der Waals surface area contributed by atoms with E-state index in [1.807, 2.05) is 12.3 Å². The van der Waals surface area contributed by atoms with Crippen molar-refractivity contribution >= 4 is 29.7 Å². The van der Waals surface area contributed by atoms with Gasteiger partial charge in [0.1, 0.15) is 0 Å². The molecule has 35 heavy (non-hydrogen) atoms. The van der Waals surface area contributed by atoms with E-state index in [2.05, 4.69) is 107 Å². The fourth-order valence-corrected chi connectivity index (χ4v) is 9.04. The Bertz CT molecular complexity index is 1380.